The second-order valence-corrected chi connectivity index (χ2v) is 7.54. The number of benzene rings is 2. The summed E-state index contributed by atoms with van der Waals surface area (Å²) in [5, 5.41) is 15.8. The van der Waals surface area contributed by atoms with Crippen molar-refractivity contribution < 1.29 is 23.6 Å². The second-order valence-electron chi connectivity index (χ2n) is 6.59. The minimum atomic E-state index is -0.820. The number of nitrogens with zero attached hydrogens (tertiary/aromatic N) is 2. The van der Waals surface area contributed by atoms with E-state index in [1.54, 1.807) is 30.3 Å². The van der Waals surface area contributed by atoms with E-state index in [-0.39, 0.29) is 11.3 Å². The Morgan fingerprint density at radius 1 is 1.12 bits per heavy atom. The van der Waals surface area contributed by atoms with E-state index in [0.717, 1.165) is 17.0 Å². The molecule has 10 heteroatoms. The molecule has 2 heterocycles. The summed E-state index contributed by atoms with van der Waals surface area (Å²) < 4.78 is 18.4. The van der Waals surface area contributed by atoms with Gasteiger partial charge in [-0.1, -0.05) is 24.3 Å². The van der Waals surface area contributed by atoms with Gasteiger partial charge in [0.25, 0.3) is 11.6 Å². The molecule has 1 N–H and O–H groups in total. The first kappa shape index (κ1) is 21.1. The number of anilines is 1. The Balaban J connectivity index is 1.53. The lowest BCUT2D eigenvalue weighted by Gasteiger charge is -2.10. The molecule has 2 aromatic carbocycles. The molecule has 0 bridgehead atoms. The van der Waals surface area contributed by atoms with Gasteiger partial charge < -0.3 is 10.1 Å². The first-order chi connectivity index (χ1) is 15.4. The lowest BCUT2D eigenvalue weighted by atomic mass is 10.1. The lowest BCUT2D eigenvalue weighted by Crippen LogP contribution is -2.21. The van der Waals surface area contributed by atoms with Crippen molar-refractivity contribution in [1.82, 2.24) is 4.98 Å². The molecule has 160 valence electrons. The van der Waals surface area contributed by atoms with E-state index in [2.05, 4.69) is 10.3 Å². The fourth-order valence-corrected chi connectivity index (χ4v) is 3.74. The molecule has 0 spiro atoms. The highest BCUT2D eigenvalue weighted by Crippen LogP contribution is 2.28. The molecule has 1 amide bonds. The van der Waals surface area contributed by atoms with E-state index >= 15 is 0 Å². The summed E-state index contributed by atoms with van der Waals surface area (Å²) in [7, 11) is 0. The smallest absolute Gasteiger partial charge is 0.339 e. The van der Waals surface area contributed by atoms with E-state index in [1.165, 1.54) is 11.3 Å². The molecule has 0 aliphatic rings. The van der Waals surface area contributed by atoms with E-state index in [0.29, 0.717) is 22.7 Å². The Hall–Kier alpha value is -4.18. The number of halogens is 1. The van der Waals surface area contributed by atoms with Crippen LogP contribution in [0.1, 0.15) is 10.4 Å². The number of nitro groups is 1. The molecule has 0 saturated heterocycles. The largest absolute Gasteiger partial charge is 0.452 e. The summed E-state index contributed by atoms with van der Waals surface area (Å²) in [5.41, 5.74) is 0.616. The van der Waals surface area contributed by atoms with Crippen molar-refractivity contribution in [3.05, 3.63) is 87.5 Å². The SMILES string of the molecule is O=C(COC(=O)c1cc(-c2cccs2)nc2ccccc12)Nc1ccc(F)cc1[N+](=O)[O-]. The molecule has 0 saturated carbocycles. The van der Waals surface area contributed by atoms with Crippen molar-refractivity contribution in [3.63, 3.8) is 0 Å². The molecular formula is C22H14FN3O5S. The first-order valence-electron chi connectivity index (χ1n) is 9.27. The average Bonchev–Trinajstić information content (AvgIpc) is 3.33. The third-order valence-electron chi connectivity index (χ3n) is 4.47. The van der Waals surface area contributed by atoms with Gasteiger partial charge in [-0.3, -0.25) is 14.9 Å². The number of ether oxygens (including phenoxy) is 1. The minimum Gasteiger partial charge on any atom is -0.452 e. The summed E-state index contributed by atoms with van der Waals surface area (Å²) in [6, 6.07) is 15.1. The predicted octanol–water partition coefficient (Wildman–Crippen LogP) is 4.81. The van der Waals surface area contributed by atoms with E-state index in [1.807, 2.05) is 17.5 Å². The fourth-order valence-electron chi connectivity index (χ4n) is 3.05. The zero-order valence-corrected chi connectivity index (χ0v) is 17.1. The molecule has 2 aromatic heterocycles. The zero-order valence-electron chi connectivity index (χ0n) is 16.3. The Bertz CT molecular complexity index is 1340. The van der Waals surface area contributed by atoms with Crippen molar-refractivity contribution in [3.8, 4) is 10.6 Å². The summed E-state index contributed by atoms with van der Waals surface area (Å²) in [4.78, 5) is 40.7. The Morgan fingerprint density at radius 3 is 2.69 bits per heavy atom. The molecule has 0 fully saturated rings. The number of esters is 1. The Kier molecular flexibility index (Phi) is 5.86. The molecule has 8 nitrogen and oxygen atoms in total. The maximum absolute atomic E-state index is 13.3. The van der Waals surface area contributed by atoms with Crippen molar-refractivity contribution in [2.75, 3.05) is 11.9 Å². The number of para-hydroxylation sites is 1. The highest BCUT2D eigenvalue weighted by atomic mass is 32.1. The van der Waals surface area contributed by atoms with Crippen molar-refractivity contribution in [1.29, 1.82) is 0 Å². The van der Waals surface area contributed by atoms with Gasteiger partial charge in [-0.25, -0.2) is 14.2 Å². The second kappa shape index (κ2) is 8.90. The van der Waals surface area contributed by atoms with Crippen molar-refractivity contribution >= 4 is 45.5 Å². The molecule has 0 radical (unpaired) electrons. The van der Waals surface area contributed by atoms with E-state index in [4.69, 9.17) is 4.74 Å². The van der Waals surface area contributed by atoms with Gasteiger partial charge in [-0.15, -0.1) is 11.3 Å². The monoisotopic (exact) mass is 451 g/mol. The minimum absolute atomic E-state index is 0.202. The van der Waals surface area contributed by atoms with Gasteiger partial charge >= 0.3 is 5.97 Å². The number of hydrogen-bond acceptors (Lipinski definition) is 7. The first-order valence-corrected chi connectivity index (χ1v) is 10.1. The van der Waals surface area contributed by atoms with Crippen LogP contribution in [-0.4, -0.2) is 28.4 Å². The van der Waals surface area contributed by atoms with Crippen LogP contribution in [-0.2, 0) is 9.53 Å². The molecule has 0 unspecified atom stereocenters. The van der Waals surface area contributed by atoms with Gasteiger partial charge in [0.2, 0.25) is 0 Å². The van der Waals surface area contributed by atoms with Crippen molar-refractivity contribution in [2.45, 2.75) is 0 Å². The molecular weight excluding hydrogens is 437 g/mol. The Morgan fingerprint density at radius 2 is 1.94 bits per heavy atom. The lowest BCUT2D eigenvalue weighted by molar-refractivity contribution is -0.384. The van der Waals surface area contributed by atoms with Crippen LogP contribution in [0.3, 0.4) is 0 Å². The summed E-state index contributed by atoms with van der Waals surface area (Å²) >= 11 is 1.47. The number of hydrogen-bond donors (Lipinski definition) is 1. The molecule has 0 aliphatic heterocycles. The van der Waals surface area contributed by atoms with Gasteiger partial charge in [-0.05, 0) is 35.7 Å². The van der Waals surface area contributed by atoms with Crippen LogP contribution in [0, 0.1) is 15.9 Å². The van der Waals surface area contributed by atoms with Crippen LogP contribution in [0.15, 0.2) is 66.0 Å². The standard InChI is InChI=1S/C22H14FN3O5S/c23-13-7-8-17(19(10-13)26(29)30)25-21(27)12-31-22(28)15-11-18(20-6-3-9-32-20)24-16-5-2-1-4-14(15)16/h1-11H,12H2,(H,25,27). The number of nitrogens with one attached hydrogen (secondary N) is 1. The van der Waals surface area contributed by atoms with Crippen LogP contribution >= 0.6 is 11.3 Å². The summed E-state index contributed by atoms with van der Waals surface area (Å²) in [5.74, 6) is -2.36. The van der Waals surface area contributed by atoms with Gasteiger partial charge in [0, 0.05) is 5.39 Å². The van der Waals surface area contributed by atoms with Crippen molar-refractivity contribution in [2.24, 2.45) is 0 Å². The summed E-state index contributed by atoms with van der Waals surface area (Å²) in [6.45, 7) is -0.682. The number of rotatable bonds is 6. The summed E-state index contributed by atoms with van der Waals surface area (Å²) in [6.07, 6.45) is 0. The average molecular weight is 451 g/mol. The van der Waals surface area contributed by atoms with Gasteiger partial charge in [0.15, 0.2) is 6.61 Å². The fraction of sp³-hybridized carbons (Fsp3) is 0.0455. The zero-order chi connectivity index (χ0) is 22.7. The number of pyridine rings is 1. The number of thiophene rings is 1. The van der Waals surface area contributed by atoms with E-state index < -0.39 is 34.9 Å². The third-order valence-corrected chi connectivity index (χ3v) is 5.37. The van der Waals surface area contributed by atoms with Crippen LogP contribution in [0.4, 0.5) is 15.8 Å². The number of nitro benzene ring substituents is 1. The Labute approximate surface area is 184 Å². The molecule has 0 aliphatic carbocycles. The highest BCUT2D eigenvalue weighted by Gasteiger charge is 2.20. The number of fused-ring (bicyclic) bond motifs is 1. The van der Waals surface area contributed by atoms with Crippen LogP contribution in [0.5, 0.6) is 0 Å². The quantitative estimate of drug-likeness (QED) is 0.256. The maximum atomic E-state index is 13.3. The van der Waals surface area contributed by atoms with Gasteiger partial charge in [0.1, 0.15) is 11.5 Å². The van der Waals surface area contributed by atoms with Gasteiger partial charge in [0.05, 0.1) is 32.6 Å². The van der Waals surface area contributed by atoms with Crippen LogP contribution in [0.2, 0.25) is 0 Å². The number of amides is 1. The maximum Gasteiger partial charge on any atom is 0.339 e. The molecule has 4 aromatic rings. The van der Waals surface area contributed by atoms with Crippen LogP contribution < -0.4 is 5.32 Å². The van der Waals surface area contributed by atoms with Gasteiger partial charge in [-0.2, -0.15) is 0 Å². The normalized spacial score (nSPS) is 10.7. The molecule has 0 atom stereocenters. The molecule has 32 heavy (non-hydrogen) atoms. The molecule has 4 rings (SSSR count). The predicted molar refractivity (Wildman–Crippen MR) is 117 cm³/mol. The third kappa shape index (κ3) is 4.44. The van der Waals surface area contributed by atoms with E-state index in [9.17, 15) is 24.1 Å². The highest BCUT2D eigenvalue weighted by molar-refractivity contribution is 7.13. The topological polar surface area (TPSA) is 111 Å². The number of carbonyl (C=O) groups is 2. The number of aromatic nitrogens is 1. The van der Waals surface area contributed by atoms with Crippen LogP contribution in [0.25, 0.3) is 21.5 Å². The number of carbonyl (C=O) groups excluding carboxylic acids is 2.